The lowest BCUT2D eigenvalue weighted by molar-refractivity contribution is -0.0619. The standard InChI is InChI=1S/C24H27N/c1-2-4-19(5-3-1)20-6-7-22-21(11-20)12-23(25-22)24-13-16-8-17(14-24)10-18(9-16)15-24/h1-7,11,16-18,23,25H,8-10,12-15H2. The summed E-state index contributed by atoms with van der Waals surface area (Å²) in [7, 11) is 0. The van der Waals surface area contributed by atoms with Gasteiger partial charge in [-0.3, -0.25) is 0 Å². The molecule has 4 aliphatic carbocycles. The van der Waals surface area contributed by atoms with Crippen molar-refractivity contribution in [3.8, 4) is 11.1 Å². The van der Waals surface area contributed by atoms with Gasteiger partial charge in [-0.1, -0.05) is 36.4 Å². The third kappa shape index (κ3) is 2.21. The molecule has 4 saturated carbocycles. The minimum absolute atomic E-state index is 0.598. The van der Waals surface area contributed by atoms with E-state index in [2.05, 4.69) is 53.8 Å². The summed E-state index contributed by atoms with van der Waals surface area (Å²) in [6.07, 6.45) is 10.3. The Kier molecular flexibility index (Phi) is 2.96. The SMILES string of the molecule is c1ccc(-c2ccc3c(c2)CC(C24CC5CC(CC(C5)C2)C4)N3)cc1. The Morgan fingerprint density at radius 2 is 1.44 bits per heavy atom. The molecule has 1 atom stereocenters. The van der Waals surface area contributed by atoms with E-state index in [9.17, 15) is 0 Å². The molecule has 7 rings (SSSR count). The highest BCUT2D eigenvalue weighted by molar-refractivity contribution is 5.70. The summed E-state index contributed by atoms with van der Waals surface area (Å²) >= 11 is 0. The molecule has 128 valence electrons. The summed E-state index contributed by atoms with van der Waals surface area (Å²) < 4.78 is 0. The highest BCUT2D eigenvalue weighted by Gasteiger charge is 2.54. The van der Waals surface area contributed by atoms with Gasteiger partial charge in [-0.25, -0.2) is 0 Å². The molecule has 1 nitrogen and oxygen atoms in total. The molecule has 5 aliphatic rings. The lowest BCUT2D eigenvalue weighted by Gasteiger charge is -2.59. The van der Waals surface area contributed by atoms with Crippen LogP contribution in [0.2, 0.25) is 0 Å². The van der Waals surface area contributed by atoms with Gasteiger partial charge in [0.05, 0.1) is 0 Å². The van der Waals surface area contributed by atoms with Gasteiger partial charge < -0.3 is 5.32 Å². The zero-order chi connectivity index (χ0) is 16.4. The molecule has 1 heterocycles. The van der Waals surface area contributed by atoms with E-state index in [0.717, 1.165) is 17.8 Å². The van der Waals surface area contributed by atoms with Crippen LogP contribution in [-0.2, 0) is 6.42 Å². The minimum Gasteiger partial charge on any atom is -0.381 e. The fourth-order valence-electron chi connectivity index (χ4n) is 7.15. The van der Waals surface area contributed by atoms with Crippen LogP contribution < -0.4 is 5.32 Å². The molecule has 2 aromatic carbocycles. The van der Waals surface area contributed by atoms with Crippen molar-refractivity contribution >= 4 is 5.69 Å². The third-order valence-corrected chi connectivity index (χ3v) is 7.79. The number of nitrogens with one attached hydrogen (secondary N) is 1. The van der Waals surface area contributed by atoms with Crippen LogP contribution in [0, 0.1) is 23.2 Å². The molecule has 1 aliphatic heterocycles. The molecule has 4 fully saturated rings. The van der Waals surface area contributed by atoms with Crippen molar-refractivity contribution in [2.45, 2.75) is 51.0 Å². The average Bonchev–Trinajstić information content (AvgIpc) is 3.05. The largest absolute Gasteiger partial charge is 0.381 e. The van der Waals surface area contributed by atoms with Crippen LogP contribution in [0.3, 0.4) is 0 Å². The first-order chi connectivity index (χ1) is 12.3. The Morgan fingerprint density at radius 1 is 0.760 bits per heavy atom. The number of fused-ring (bicyclic) bond motifs is 1. The van der Waals surface area contributed by atoms with Gasteiger partial charge in [-0.05, 0) is 96.9 Å². The van der Waals surface area contributed by atoms with Gasteiger partial charge in [0.1, 0.15) is 0 Å². The number of rotatable bonds is 2. The van der Waals surface area contributed by atoms with E-state index < -0.39 is 0 Å². The van der Waals surface area contributed by atoms with Gasteiger partial charge in [0.2, 0.25) is 0 Å². The Morgan fingerprint density at radius 3 is 2.12 bits per heavy atom. The topological polar surface area (TPSA) is 12.0 Å². The summed E-state index contributed by atoms with van der Waals surface area (Å²) in [6, 6.07) is 18.6. The van der Waals surface area contributed by atoms with E-state index in [0.29, 0.717) is 11.5 Å². The predicted octanol–water partition coefficient (Wildman–Crippen LogP) is 5.91. The number of hydrogen-bond donors (Lipinski definition) is 1. The van der Waals surface area contributed by atoms with E-state index in [1.807, 2.05) is 0 Å². The maximum absolute atomic E-state index is 3.97. The van der Waals surface area contributed by atoms with Crippen LogP contribution in [0.15, 0.2) is 48.5 Å². The predicted molar refractivity (Wildman–Crippen MR) is 104 cm³/mol. The average molecular weight is 329 g/mol. The molecule has 25 heavy (non-hydrogen) atoms. The van der Waals surface area contributed by atoms with E-state index in [-0.39, 0.29) is 0 Å². The second kappa shape index (κ2) is 5.13. The van der Waals surface area contributed by atoms with Gasteiger partial charge in [-0.15, -0.1) is 0 Å². The summed E-state index contributed by atoms with van der Waals surface area (Å²) in [4.78, 5) is 0. The molecule has 0 saturated heterocycles. The molecular weight excluding hydrogens is 302 g/mol. The maximum Gasteiger partial charge on any atom is 0.0376 e. The highest BCUT2D eigenvalue weighted by atomic mass is 15.0. The molecule has 1 N–H and O–H groups in total. The molecule has 0 radical (unpaired) electrons. The molecule has 0 amide bonds. The first-order valence-corrected chi connectivity index (χ1v) is 10.2. The monoisotopic (exact) mass is 329 g/mol. The molecule has 0 spiro atoms. The van der Waals surface area contributed by atoms with Gasteiger partial charge >= 0.3 is 0 Å². The maximum atomic E-state index is 3.97. The zero-order valence-electron chi connectivity index (χ0n) is 14.9. The van der Waals surface area contributed by atoms with E-state index in [1.165, 1.54) is 61.8 Å². The highest BCUT2D eigenvalue weighted by Crippen LogP contribution is 2.62. The molecule has 2 aromatic rings. The van der Waals surface area contributed by atoms with Crippen LogP contribution in [-0.4, -0.2) is 6.04 Å². The van der Waals surface area contributed by atoms with Crippen molar-refractivity contribution in [1.82, 2.24) is 0 Å². The normalized spacial score (nSPS) is 37.8. The lowest BCUT2D eigenvalue weighted by atomic mass is 9.47. The first kappa shape index (κ1) is 14.4. The smallest absolute Gasteiger partial charge is 0.0376 e. The summed E-state index contributed by atoms with van der Waals surface area (Å²) in [6.45, 7) is 0. The Hall–Kier alpha value is -1.76. The van der Waals surface area contributed by atoms with Gasteiger partial charge in [0.15, 0.2) is 0 Å². The fraction of sp³-hybridized carbons (Fsp3) is 0.500. The Labute approximate surface area is 150 Å². The van der Waals surface area contributed by atoms with Crippen molar-refractivity contribution in [2.24, 2.45) is 23.2 Å². The van der Waals surface area contributed by atoms with Crippen LogP contribution >= 0.6 is 0 Å². The zero-order valence-corrected chi connectivity index (χ0v) is 14.9. The quantitative estimate of drug-likeness (QED) is 0.722. The molecule has 4 bridgehead atoms. The summed E-state index contributed by atoms with van der Waals surface area (Å²) in [5.74, 6) is 3.12. The van der Waals surface area contributed by atoms with Crippen molar-refractivity contribution in [3.63, 3.8) is 0 Å². The van der Waals surface area contributed by atoms with Gasteiger partial charge in [0, 0.05) is 11.7 Å². The Balaban J connectivity index is 1.31. The van der Waals surface area contributed by atoms with Crippen LogP contribution in [0.5, 0.6) is 0 Å². The van der Waals surface area contributed by atoms with E-state index in [4.69, 9.17) is 0 Å². The van der Waals surface area contributed by atoms with E-state index >= 15 is 0 Å². The van der Waals surface area contributed by atoms with Crippen LogP contribution in [0.25, 0.3) is 11.1 Å². The fourth-order valence-corrected chi connectivity index (χ4v) is 7.15. The number of hydrogen-bond acceptors (Lipinski definition) is 1. The summed E-state index contributed by atoms with van der Waals surface area (Å²) in [5, 5.41) is 3.97. The van der Waals surface area contributed by atoms with Gasteiger partial charge in [-0.2, -0.15) is 0 Å². The van der Waals surface area contributed by atoms with Crippen molar-refractivity contribution in [3.05, 3.63) is 54.1 Å². The third-order valence-electron chi connectivity index (χ3n) is 7.79. The van der Waals surface area contributed by atoms with Crippen molar-refractivity contribution < 1.29 is 0 Å². The van der Waals surface area contributed by atoms with Crippen LogP contribution in [0.4, 0.5) is 5.69 Å². The number of anilines is 1. The number of benzene rings is 2. The van der Waals surface area contributed by atoms with Gasteiger partial charge in [0.25, 0.3) is 0 Å². The second-order valence-electron chi connectivity index (χ2n) is 9.42. The molecule has 1 heteroatoms. The van der Waals surface area contributed by atoms with Crippen molar-refractivity contribution in [2.75, 3.05) is 5.32 Å². The Bertz CT molecular complexity index is 771. The van der Waals surface area contributed by atoms with Crippen LogP contribution in [0.1, 0.15) is 44.1 Å². The summed E-state index contributed by atoms with van der Waals surface area (Å²) in [5.41, 5.74) is 6.25. The minimum atomic E-state index is 0.598. The molecular formula is C24H27N. The molecule has 0 aromatic heterocycles. The van der Waals surface area contributed by atoms with E-state index in [1.54, 1.807) is 5.56 Å². The second-order valence-corrected chi connectivity index (χ2v) is 9.42. The first-order valence-electron chi connectivity index (χ1n) is 10.2. The molecule has 1 unspecified atom stereocenters. The van der Waals surface area contributed by atoms with Crippen molar-refractivity contribution in [1.29, 1.82) is 0 Å². The lowest BCUT2D eigenvalue weighted by Crippen LogP contribution is -2.53.